The smallest absolute Gasteiger partial charge is 0.272 e. The highest BCUT2D eigenvalue weighted by Crippen LogP contribution is 2.26. The fourth-order valence-corrected chi connectivity index (χ4v) is 5.80. The Morgan fingerprint density at radius 2 is 1.69 bits per heavy atom. The van der Waals surface area contributed by atoms with Crippen LogP contribution in [0.2, 0.25) is 0 Å². The van der Waals surface area contributed by atoms with E-state index in [1.165, 1.54) is 31.4 Å². The molecule has 2 aromatic rings. The number of carbonyl (C=O) groups excluding carboxylic acids is 1. The molecule has 5 rings (SSSR count). The number of benzene rings is 1. The van der Waals surface area contributed by atoms with Crippen LogP contribution in [0.1, 0.15) is 55.4 Å². The van der Waals surface area contributed by atoms with Crippen LogP contribution in [0, 0.1) is 0 Å². The number of ether oxygens (including phenoxy) is 1. The number of amides is 1. The molecule has 3 aliphatic heterocycles. The van der Waals surface area contributed by atoms with E-state index in [1.807, 2.05) is 11.7 Å². The first-order valence-electron chi connectivity index (χ1n) is 13.7. The summed E-state index contributed by atoms with van der Waals surface area (Å²) in [5.74, 6) is -0.0406. The monoisotopic (exact) mass is 482 g/mol. The largest absolute Gasteiger partial charge is 0.380 e. The first-order chi connectivity index (χ1) is 17.2. The first-order valence-corrected chi connectivity index (χ1v) is 13.7. The van der Waals surface area contributed by atoms with Crippen molar-refractivity contribution in [3.8, 4) is 0 Å². The fourth-order valence-electron chi connectivity index (χ4n) is 5.80. The predicted octanol–water partition coefficient (Wildman–Crippen LogP) is 2.87. The van der Waals surface area contributed by atoms with E-state index >= 15 is 0 Å². The van der Waals surface area contributed by atoms with Gasteiger partial charge in [-0.2, -0.15) is 5.10 Å². The number of piperidine rings is 1. The predicted molar refractivity (Wildman–Crippen MR) is 140 cm³/mol. The summed E-state index contributed by atoms with van der Waals surface area (Å²) in [6.07, 6.45) is 8.28. The molecule has 0 spiro atoms. The fraction of sp³-hybridized carbons (Fsp3) is 0.704. The molecule has 0 saturated carbocycles. The molecular formula is C27H42N6O2. The Hall–Kier alpha value is -2.16. The number of nitrogens with one attached hydrogen (secondary N) is 1. The third-order valence-corrected chi connectivity index (χ3v) is 7.99. The molecule has 3 aliphatic rings. The van der Waals surface area contributed by atoms with Gasteiger partial charge in [0.15, 0.2) is 5.69 Å². The van der Waals surface area contributed by atoms with Gasteiger partial charge in [-0.25, -0.2) is 0 Å². The Balaban J connectivity index is 1.15. The van der Waals surface area contributed by atoms with Crippen LogP contribution < -0.4 is 10.2 Å². The number of anilines is 1. The van der Waals surface area contributed by atoms with Crippen molar-refractivity contribution in [3.05, 3.63) is 23.9 Å². The molecule has 192 valence electrons. The topological polar surface area (TPSA) is 65.9 Å². The number of hydrogen-bond acceptors (Lipinski definition) is 6. The van der Waals surface area contributed by atoms with Crippen LogP contribution in [0.25, 0.3) is 10.9 Å². The van der Waals surface area contributed by atoms with Gasteiger partial charge in [0.05, 0.1) is 12.1 Å². The normalized spacial score (nSPS) is 21.7. The second kappa shape index (κ2) is 11.7. The van der Waals surface area contributed by atoms with Crippen LogP contribution in [0.4, 0.5) is 5.69 Å². The molecule has 1 N–H and O–H groups in total. The highest BCUT2D eigenvalue weighted by atomic mass is 16.5. The van der Waals surface area contributed by atoms with Crippen molar-refractivity contribution in [1.82, 2.24) is 24.9 Å². The van der Waals surface area contributed by atoms with Gasteiger partial charge in [0, 0.05) is 83.1 Å². The van der Waals surface area contributed by atoms with Crippen LogP contribution in [-0.4, -0.2) is 97.1 Å². The van der Waals surface area contributed by atoms with Gasteiger partial charge in [-0.1, -0.05) is 12.8 Å². The molecule has 0 aliphatic carbocycles. The van der Waals surface area contributed by atoms with Crippen LogP contribution in [0.15, 0.2) is 18.2 Å². The number of fused-ring (bicyclic) bond motifs is 1. The average molecular weight is 483 g/mol. The zero-order valence-electron chi connectivity index (χ0n) is 21.4. The molecule has 35 heavy (non-hydrogen) atoms. The summed E-state index contributed by atoms with van der Waals surface area (Å²) in [6.45, 7) is 10.5. The third kappa shape index (κ3) is 6.16. The SMILES string of the molecule is Cn1nc(C(=O)NC2CCN(CCN3CCCOCC3)CC2)c2ccc(N3CCCCCC3)cc21. The summed E-state index contributed by atoms with van der Waals surface area (Å²) < 4.78 is 7.43. The zero-order valence-corrected chi connectivity index (χ0v) is 21.4. The molecule has 1 amide bonds. The van der Waals surface area contributed by atoms with Gasteiger partial charge in [0.25, 0.3) is 5.91 Å². The van der Waals surface area contributed by atoms with E-state index in [0.717, 1.165) is 95.7 Å². The summed E-state index contributed by atoms with van der Waals surface area (Å²) in [5, 5.41) is 8.85. The minimum Gasteiger partial charge on any atom is -0.380 e. The zero-order chi connectivity index (χ0) is 24.0. The highest BCUT2D eigenvalue weighted by Gasteiger charge is 2.24. The Bertz CT molecular complexity index is 967. The molecular weight excluding hydrogens is 440 g/mol. The Kier molecular flexibility index (Phi) is 8.21. The van der Waals surface area contributed by atoms with E-state index in [9.17, 15) is 4.79 Å². The summed E-state index contributed by atoms with van der Waals surface area (Å²) in [5.41, 5.74) is 2.83. The maximum atomic E-state index is 13.2. The summed E-state index contributed by atoms with van der Waals surface area (Å²) in [6, 6.07) is 6.69. The van der Waals surface area contributed by atoms with Crippen molar-refractivity contribution < 1.29 is 9.53 Å². The number of hydrogen-bond donors (Lipinski definition) is 1. The van der Waals surface area contributed by atoms with E-state index in [0.29, 0.717) is 5.69 Å². The molecule has 3 saturated heterocycles. The van der Waals surface area contributed by atoms with Gasteiger partial charge in [-0.05, 0) is 50.3 Å². The Morgan fingerprint density at radius 1 is 0.943 bits per heavy atom. The number of likely N-dealkylation sites (tertiary alicyclic amines) is 1. The summed E-state index contributed by atoms with van der Waals surface area (Å²) in [4.78, 5) is 20.7. The van der Waals surface area contributed by atoms with E-state index < -0.39 is 0 Å². The van der Waals surface area contributed by atoms with Crippen LogP contribution >= 0.6 is 0 Å². The lowest BCUT2D eigenvalue weighted by Gasteiger charge is -2.33. The lowest BCUT2D eigenvalue weighted by Crippen LogP contribution is -2.46. The Morgan fingerprint density at radius 3 is 2.46 bits per heavy atom. The van der Waals surface area contributed by atoms with Crippen LogP contribution in [0.3, 0.4) is 0 Å². The Labute approximate surface area is 209 Å². The maximum absolute atomic E-state index is 13.2. The van der Waals surface area contributed by atoms with Gasteiger partial charge < -0.3 is 19.9 Å². The second-order valence-electron chi connectivity index (χ2n) is 10.5. The van der Waals surface area contributed by atoms with E-state index in [-0.39, 0.29) is 11.9 Å². The quantitative estimate of drug-likeness (QED) is 0.683. The average Bonchev–Trinajstić information content (AvgIpc) is 3.13. The van der Waals surface area contributed by atoms with Crippen molar-refractivity contribution in [2.45, 2.75) is 51.0 Å². The van der Waals surface area contributed by atoms with E-state index in [1.54, 1.807) is 0 Å². The maximum Gasteiger partial charge on any atom is 0.272 e. The third-order valence-electron chi connectivity index (χ3n) is 7.99. The van der Waals surface area contributed by atoms with Crippen LogP contribution in [-0.2, 0) is 11.8 Å². The number of carbonyl (C=O) groups is 1. The highest BCUT2D eigenvalue weighted by molar-refractivity contribution is 6.05. The molecule has 1 aromatic carbocycles. The van der Waals surface area contributed by atoms with Crippen molar-refractivity contribution in [1.29, 1.82) is 0 Å². The lowest BCUT2D eigenvalue weighted by atomic mass is 10.0. The molecule has 0 radical (unpaired) electrons. The number of nitrogens with zero attached hydrogens (tertiary/aromatic N) is 5. The van der Waals surface area contributed by atoms with Crippen molar-refractivity contribution >= 4 is 22.5 Å². The van der Waals surface area contributed by atoms with Crippen LogP contribution in [0.5, 0.6) is 0 Å². The summed E-state index contributed by atoms with van der Waals surface area (Å²) in [7, 11) is 1.94. The molecule has 3 fully saturated rings. The molecule has 8 heteroatoms. The van der Waals surface area contributed by atoms with Gasteiger partial charge in [0.1, 0.15) is 0 Å². The van der Waals surface area contributed by atoms with Crippen molar-refractivity contribution in [2.75, 3.05) is 70.5 Å². The minimum absolute atomic E-state index is 0.0406. The number of aryl methyl sites for hydroxylation is 1. The standard InChI is InChI=1S/C27H42N6O2/c1-30-25-21-23(33-12-4-2-3-5-13-33)7-8-24(25)26(29-30)27(34)28-22-9-14-32(15-10-22)17-16-31-11-6-19-35-20-18-31/h7-8,21-22H,2-6,9-20H2,1H3,(H,28,34). The minimum atomic E-state index is -0.0406. The molecule has 0 unspecified atom stereocenters. The first kappa shape index (κ1) is 24.5. The van der Waals surface area contributed by atoms with Gasteiger partial charge in [-0.3, -0.25) is 14.4 Å². The van der Waals surface area contributed by atoms with Gasteiger partial charge in [0.2, 0.25) is 0 Å². The molecule has 4 heterocycles. The lowest BCUT2D eigenvalue weighted by molar-refractivity contribution is 0.0902. The molecule has 0 bridgehead atoms. The number of rotatable bonds is 6. The van der Waals surface area contributed by atoms with Gasteiger partial charge in [-0.15, -0.1) is 0 Å². The number of aromatic nitrogens is 2. The van der Waals surface area contributed by atoms with Gasteiger partial charge >= 0.3 is 0 Å². The molecule has 8 nitrogen and oxygen atoms in total. The van der Waals surface area contributed by atoms with Crippen molar-refractivity contribution in [3.63, 3.8) is 0 Å². The second-order valence-corrected chi connectivity index (χ2v) is 10.5. The summed E-state index contributed by atoms with van der Waals surface area (Å²) >= 11 is 0. The molecule has 0 atom stereocenters. The van der Waals surface area contributed by atoms with E-state index in [4.69, 9.17) is 4.74 Å². The van der Waals surface area contributed by atoms with Crippen molar-refractivity contribution in [2.24, 2.45) is 7.05 Å². The molecule has 1 aromatic heterocycles. The van der Waals surface area contributed by atoms with E-state index in [2.05, 4.69) is 43.3 Å².